The molecule has 0 saturated heterocycles. The maximum absolute atomic E-state index is 12.2. The number of rotatable bonds is 5. The zero-order valence-corrected chi connectivity index (χ0v) is 12.3. The van der Waals surface area contributed by atoms with E-state index in [-0.39, 0.29) is 16.6 Å². The van der Waals surface area contributed by atoms with Crippen molar-refractivity contribution in [2.75, 3.05) is 24.7 Å². The lowest BCUT2D eigenvalue weighted by Gasteiger charge is -2.10. The molecule has 0 amide bonds. The summed E-state index contributed by atoms with van der Waals surface area (Å²) in [6, 6.07) is 8.84. The predicted molar refractivity (Wildman–Crippen MR) is 79.0 cm³/mol. The van der Waals surface area contributed by atoms with Crippen LogP contribution in [0.25, 0.3) is 0 Å². The van der Waals surface area contributed by atoms with Crippen LogP contribution in [0.15, 0.2) is 41.3 Å². The van der Waals surface area contributed by atoms with Crippen LogP contribution in [0.4, 0.5) is 11.5 Å². The summed E-state index contributed by atoms with van der Waals surface area (Å²) in [4.78, 5) is 4.09. The molecule has 0 aliphatic rings. The van der Waals surface area contributed by atoms with E-state index in [2.05, 4.69) is 9.71 Å². The van der Waals surface area contributed by atoms with Crippen molar-refractivity contribution in [3.63, 3.8) is 0 Å². The molecule has 0 fully saturated rings. The van der Waals surface area contributed by atoms with Crippen LogP contribution in [0, 0.1) is 0 Å². The molecule has 112 valence electrons. The molecule has 1 aromatic carbocycles. The molecule has 2 rings (SSSR count). The molecule has 1 aromatic heterocycles. The molecule has 8 heteroatoms. The molecule has 0 aliphatic carbocycles. The molecular formula is C13H15N3O4S. The SMILES string of the molecule is COc1cc(NS(=O)(=O)c2ccc(N)cc2)nc(OC)c1. The lowest BCUT2D eigenvalue weighted by molar-refractivity contribution is 0.383. The van der Waals surface area contributed by atoms with Crippen LogP contribution < -0.4 is 19.9 Å². The number of sulfonamides is 1. The monoisotopic (exact) mass is 309 g/mol. The molecule has 0 unspecified atom stereocenters. The number of hydrogen-bond acceptors (Lipinski definition) is 6. The fourth-order valence-corrected chi connectivity index (χ4v) is 2.59. The Kier molecular flexibility index (Phi) is 4.18. The van der Waals surface area contributed by atoms with Gasteiger partial charge in [0, 0.05) is 17.8 Å². The van der Waals surface area contributed by atoms with E-state index in [9.17, 15) is 8.42 Å². The summed E-state index contributed by atoms with van der Waals surface area (Å²) in [5.41, 5.74) is 6.02. The Bertz CT molecular complexity index is 707. The summed E-state index contributed by atoms with van der Waals surface area (Å²) >= 11 is 0. The summed E-state index contributed by atoms with van der Waals surface area (Å²) in [7, 11) is -0.863. The molecule has 0 aliphatic heterocycles. The van der Waals surface area contributed by atoms with Crippen LogP contribution >= 0.6 is 0 Å². The number of aromatic nitrogens is 1. The highest BCUT2D eigenvalue weighted by Gasteiger charge is 2.16. The third-order valence-corrected chi connectivity index (χ3v) is 4.02. The van der Waals surface area contributed by atoms with Gasteiger partial charge in [-0.2, -0.15) is 4.98 Å². The lowest BCUT2D eigenvalue weighted by Crippen LogP contribution is -2.14. The van der Waals surface area contributed by atoms with Gasteiger partial charge in [-0.3, -0.25) is 4.72 Å². The van der Waals surface area contributed by atoms with Crippen LogP contribution in [0.5, 0.6) is 11.6 Å². The summed E-state index contributed by atoms with van der Waals surface area (Å²) in [5.74, 6) is 0.768. The highest BCUT2D eigenvalue weighted by molar-refractivity contribution is 7.92. The second kappa shape index (κ2) is 5.88. The first-order valence-electron chi connectivity index (χ1n) is 5.93. The van der Waals surface area contributed by atoms with E-state index in [1.54, 1.807) is 6.07 Å². The van der Waals surface area contributed by atoms with Gasteiger partial charge in [-0.1, -0.05) is 0 Å². The Morgan fingerprint density at radius 1 is 1.10 bits per heavy atom. The number of anilines is 2. The second-order valence-corrected chi connectivity index (χ2v) is 5.79. The molecule has 0 bridgehead atoms. The van der Waals surface area contributed by atoms with Crippen molar-refractivity contribution < 1.29 is 17.9 Å². The molecule has 3 N–H and O–H groups in total. The van der Waals surface area contributed by atoms with Crippen LogP contribution in [-0.4, -0.2) is 27.6 Å². The standard InChI is InChI=1S/C13H15N3O4S/c1-19-10-7-12(15-13(8-10)20-2)16-21(17,18)11-5-3-9(14)4-6-11/h3-8H,14H2,1-2H3,(H,15,16). The van der Waals surface area contributed by atoms with Gasteiger partial charge < -0.3 is 15.2 Å². The molecule has 0 atom stereocenters. The van der Waals surface area contributed by atoms with Crippen molar-refractivity contribution >= 4 is 21.5 Å². The van der Waals surface area contributed by atoms with E-state index in [1.807, 2.05) is 0 Å². The van der Waals surface area contributed by atoms with E-state index in [1.165, 1.54) is 44.6 Å². The average Bonchev–Trinajstić information content (AvgIpc) is 2.46. The Balaban J connectivity index is 2.34. The number of benzene rings is 1. The van der Waals surface area contributed by atoms with Crippen molar-refractivity contribution in [2.24, 2.45) is 0 Å². The number of pyridine rings is 1. The van der Waals surface area contributed by atoms with Gasteiger partial charge in [0.1, 0.15) is 11.6 Å². The van der Waals surface area contributed by atoms with E-state index in [4.69, 9.17) is 15.2 Å². The lowest BCUT2D eigenvalue weighted by atomic mass is 10.3. The normalized spacial score (nSPS) is 11.0. The average molecular weight is 309 g/mol. The zero-order valence-electron chi connectivity index (χ0n) is 11.5. The minimum Gasteiger partial charge on any atom is -0.496 e. The van der Waals surface area contributed by atoms with Crippen LogP contribution in [0.3, 0.4) is 0 Å². The third-order valence-electron chi connectivity index (χ3n) is 2.65. The Morgan fingerprint density at radius 2 is 1.76 bits per heavy atom. The molecule has 0 radical (unpaired) electrons. The van der Waals surface area contributed by atoms with Crippen LogP contribution in [-0.2, 0) is 10.0 Å². The van der Waals surface area contributed by atoms with Crippen LogP contribution in [0.2, 0.25) is 0 Å². The fourth-order valence-electron chi connectivity index (χ4n) is 1.60. The first-order chi connectivity index (χ1) is 9.94. The van der Waals surface area contributed by atoms with Crippen molar-refractivity contribution in [1.29, 1.82) is 0 Å². The summed E-state index contributed by atoms with van der Waals surface area (Å²) in [6.45, 7) is 0. The number of nitrogens with two attached hydrogens (primary N) is 1. The molecule has 0 saturated carbocycles. The maximum Gasteiger partial charge on any atom is 0.263 e. The van der Waals surface area contributed by atoms with Gasteiger partial charge in [0.2, 0.25) is 5.88 Å². The number of nitrogens with zero attached hydrogens (tertiary/aromatic N) is 1. The number of nitrogens with one attached hydrogen (secondary N) is 1. The van der Waals surface area contributed by atoms with Gasteiger partial charge >= 0.3 is 0 Å². The molecule has 0 spiro atoms. The predicted octanol–water partition coefficient (Wildman–Crippen LogP) is 1.48. The number of methoxy groups -OCH3 is 2. The summed E-state index contributed by atoms with van der Waals surface area (Å²) in [5, 5.41) is 0. The highest BCUT2D eigenvalue weighted by atomic mass is 32.2. The topological polar surface area (TPSA) is 104 Å². The van der Waals surface area contributed by atoms with Crippen molar-refractivity contribution in [3.8, 4) is 11.6 Å². The highest BCUT2D eigenvalue weighted by Crippen LogP contribution is 2.24. The van der Waals surface area contributed by atoms with Gasteiger partial charge in [0.15, 0.2) is 0 Å². The van der Waals surface area contributed by atoms with Gasteiger partial charge in [-0.25, -0.2) is 8.42 Å². The Hall–Kier alpha value is -2.48. The summed E-state index contributed by atoms with van der Waals surface area (Å²) in [6.07, 6.45) is 0. The largest absolute Gasteiger partial charge is 0.496 e. The molecule has 7 nitrogen and oxygen atoms in total. The van der Waals surface area contributed by atoms with Crippen LogP contribution in [0.1, 0.15) is 0 Å². The second-order valence-electron chi connectivity index (χ2n) is 4.11. The minimum absolute atomic E-state index is 0.0836. The molecule has 2 aromatic rings. The molecule has 21 heavy (non-hydrogen) atoms. The van der Waals surface area contributed by atoms with Gasteiger partial charge in [0.25, 0.3) is 10.0 Å². The first kappa shape index (κ1) is 14.9. The minimum atomic E-state index is -3.76. The third kappa shape index (κ3) is 3.54. The number of nitrogen functional groups attached to an aromatic ring is 1. The quantitative estimate of drug-likeness (QED) is 0.811. The van der Waals surface area contributed by atoms with E-state index in [0.29, 0.717) is 11.4 Å². The molecule has 1 heterocycles. The van der Waals surface area contributed by atoms with Gasteiger partial charge in [-0.15, -0.1) is 0 Å². The number of hydrogen-bond donors (Lipinski definition) is 2. The smallest absolute Gasteiger partial charge is 0.263 e. The number of ether oxygens (including phenoxy) is 2. The maximum atomic E-state index is 12.2. The van der Waals surface area contributed by atoms with Crippen molar-refractivity contribution in [1.82, 2.24) is 4.98 Å². The van der Waals surface area contributed by atoms with Crippen molar-refractivity contribution in [2.45, 2.75) is 4.90 Å². The van der Waals surface area contributed by atoms with Gasteiger partial charge in [-0.05, 0) is 24.3 Å². The summed E-state index contributed by atoms with van der Waals surface area (Å²) < 4.78 is 36.9. The Morgan fingerprint density at radius 3 is 2.33 bits per heavy atom. The first-order valence-corrected chi connectivity index (χ1v) is 7.41. The van der Waals surface area contributed by atoms with E-state index >= 15 is 0 Å². The van der Waals surface area contributed by atoms with Gasteiger partial charge in [0.05, 0.1) is 19.1 Å². The molecular weight excluding hydrogens is 294 g/mol. The fraction of sp³-hybridized carbons (Fsp3) is 0.154. The van der Waals surface area contributed by atoms with Crippen molar-refractivity contribution in [3.05, 3.63) is 36.4 Å². The Labute approximate surface area is 122 Å². The van der Waals surface area contributed by atoms with E-state index < -0.39 is 10.0 Å². The zero-order chi connectivity index (χ0) is 15.5. The van der Waals surface area contributed by atoms with E-state index in [0.717, 1.165) is 0 Å².